The number of anilines is 2. The lowest BCUT2D eigenvalue weighted by Crippen LogP contribution is -2.15. The van der Waals surface area contributed by atoms with Crippen LogP contribution in [0.5, 0.6) is 0 Å². The van der Waals surface area contributed by atoms with Crippen LogP contribution in [0.1, 0.15) is 30.1 Å². The first kappa shape index (κ1) is 14.0. The number of aliphatic hydroxyl groups excluding tert-OH is 1. The molecule has 1 aromatic rings. The van der Waals surface area contributed by atoms with E-state index in [0.29, 0.717) is 25.7 Å². The molecule has 0 atom stereocenters. The largest absolute Gasteiger partial charge is 0.394 e. The highest BCUT2D eigenvalue weighted by Gasteiger charge is 2.28. The van der Waals surface area contributed by atoms with E-state index in [9.17, 15) is 0 Å². The van der Waals surface area contributed by atoms with Crippen molar-refractivity contribution in [3.8, 4) is 0 Å². The van der Waals surface area contributed by atoms with Crippen LogP contribution in [0.25, 0.3) is 0 Å². The molecule has 0 saturated heterocycles. The van der Waals surface area contributed by atoms with Crippen LogP contribution in [-0.2, 0) is 4.74 Å². The molecule has 1 aliphatic carbocycles. The Labute approximate surface area is 113 Å². The Morgan fingerprint density at radius 3 is 2.63 bits per heavy atom. The number of ether oxygens (including phenoxy) is 1. The molecule has 19 heavy (non-hydrogen) atoms. The molecule has 1 saturated carbocycles. The van der Waals surface area contributed by atoms with Crippen molar-refractivity contribution < 1.29 is 9.84 Å². The Bertz CT molecular complexity index is 421. The summed E-state index contributed by atoms with van der Waals surface area (Å²) in [6.07, 6.45) is 2.37. The van der Waals surface area contributed by atoms with Gasteiger partial charge in [0.05, 0.1) is 19.8 Å². The van der Waals surface area contributed by atoms with Crippen molar-refractivity contribution in [3.63, 3.8) is 0 Å². The van der Waals surface area contributed by atoms with Gasteiger partial charge in [0.1, 0.15) is 17.5 Å². The molecule has 1 aromatic heterocycles. The Morgan fingerprint density at radius 1 is 1.26 bits per heavy atom. The predicted molar refractivity (Wildman–Crippen MR) is 74.7 cm³/mol. The van der Waals surface area contributed by atoms with Crippen LogP contribution < -0.4 is 10.6 Å². The number of nitrogens with one attached hydrogen (secondary N) is 2. The molecule has 3 N–H and O–H groups in total. The van der Waals surface area contributed by atoms with E-state index in [1.54, 1.807) is 0 Å². The molecule has 106 valence electrons. The fraction of sp³-hybridized carbons (Fsp3) is 0.692. The molecule has 1 aliphatic rings. The predicted octanol–water partition coefficient (Wildman–Crippen LogP) is 1.12. The van der Waals surface area contributed by atoms with Gasteiger partial charge in [0.2, 0.25) is 0 Å². The molecule has 0 spiro atoms. The SMILES string of the molecule is CNc1nc(C2CC2)nc(NCCOCCO)c1C. The molecule has 1 heterocycles. The van der Waals surface area contributed by atoms with E-state index in [2.05, 4.69) is 20.6 Å². The maximum absolute atomic E-state index is 8.63. The molecule has 6 heteroatoms. The molecular weight excluding hydrogens is 244 g/mol. The van der Waals surface area contributed by atoms with Gasteiger partial charge in [-0.2, -0.15) is 0 Å². The average Bonchev–Trinajstić information content (AvgIpc) is 3.24. The number of nitrogens with zero attached hydrogens (tertiary/aromatic N) is 2. The van der Waals surface area contributed by atoms with Gasteiger partial charge in [-0.15, -0.1) is 0 Å². The van der Waals surface area contributed by atoms with Gasteiger partial charge < -0.3 is 20.5 Å². The van der Waals surface area contributed by atoms with Crippen LogP contribution in [0.3, 0.4) is 0 Å². The van der Waals surface area contributed by atoms with Crippen LogP contribution in [0.4, 0.5) is 11.6 Å². The summed E-state index contributed by atoms with van der Waals surface area (Å²) in [5.41, 5.74) is 1.02. The van der Waals surface area contributed by atoms with E-state index in [-0.39, 0.29) is 6.61 Å². The molecule has 0 aromatic carbocycles. The minimum absolute atomic E-state index is 0.0578. The summed E-state index contributed by atoms with van der Waals surface area (Å²) in [5, 5.41) is 15.0. The summed E-state index contributed by atoms with van der Waals surface area (Å²) in [4.78, 5) is 9.14. The maximum atomic E-state index is 8.63. The van der Waals surface area contributed by atoms with E-state index >= 15 is 0 Å². The summed E-state index contributed by atoms with van der Waals surface area (Å²) in [7, 11) is 1.88. The van der Waals surface area contributed by atoms with Crippen molar-refractivity contribution in [2.24, 2.45) is 0 Å². The highest BCUT2D eigenvalue weighted by molar-refractivity contribution is 5.57. The fourth-order valence-electron chi connectivity index (χ4n) is 1.88. The summed E-state index contributed by atoms with van der Waals surface area (Å²) in [5.74, 6) is 3.21. The van der Waals surface area contributed by atoms with E-state index in [1.165, 1.54) is 12.8 Å². The molecule has 0 aliphatic heterocycles. The second-order valence-corrected chi connectivity index (χ2v) is 4.69. The lowest BCUT2D eigenvalue weighted by Gasteiger charge is -2.13. The topological polar surface area (TPSA) is 79.3 Å². The second kappa shape index (κ2) is 6.68. The zero-order valence-electron chi connectivity index (χ0n) is 11.6. The van der Waals surface area contributed by atoms with Gasteiger partial charge in [0.15, 0.2) is 0 Å². The number of hydrogen-bond donors (Lipinski definition) is 3. The van der Waals surface area contributed by atoms with Crippen LogP contribution >= 0.6 is 0 Å². The highest BCUT2D eigenvalue weighted by Crippen LogP contribution is 2.39. The minimum atomic E-state index is 0.0578. The van der Waals surface area contributed by atoms with Crippen LogP contribution in [0.15, 0.2) is 0 Å². The van der Waals surface area contributed by atoms with Gasteiger partial charge >= 0.3 is 0 Å². The average molecular weight is 266 g/mol. The smallest absolute Gasteiger partial charge is 0.136 e. The third-order valence-corrected chi connectivity index (χ3v) is 3.12. The summed E-state index contributed by atoms with van der Waals surface area (Å²) < 4.78 is 5.22. The number of aliphatic hydroxyl groups is 1. The zero-order chi connectivity index (χ0) is 13.7. The molecule has 0 radical (unpaired) electrons. The summed E-state index contributed by atoms with van der Waals surface area (Å²) >= 11 is 0. The molecule has 0 unspecified atom stereocenters. The molecule has 2 rings (SSSR count). The Kier molecular flexibility index (Phi) is 4.93. The normalized spacial score (nSPS) is 14.5. The van der Waals surface area contributed by atoms with Crippen molar-refractivity contribution in [2.75, 3.05) is 44.0 Å². The van der Waals surface area contributed by atoms with Gasteiger partial charge in [-0.3, -0.25) is 0 Å². The Balaban J connectivity index is 1.99. The third kappa shape index (κ3) is 3.78. The first-order valence-electron chi connectivity index (χ1n) is 6.75. The zero-order valence-corrected chi connectivity index (χ0v) is 11.6. The number of aromatic nitrogens is 2. The van der Waals surface area contributed by atoms with Crippen LogP contribution in [0.2, 0.25) is 0 Å². The minimum Gasteiger partial charge on any atom is -0.394 e. The summed E-state index contributed by atoms with van der Waals surface area (Å²) in [6, 6.07) is 0. The van der Waals surface area contributed by atoms with Gasteiger partial charge in [-0.05, 0) is 19.8 Å². The first-order valence-corrected chi connectivity index (χ1v) is 6.75. The van der Waals surface area contributed by atoms with Crippen molar-refractivity contribution in [1.82, 2.24) is 9.97 Å². The quantitative estimate of drug-likeness (QED) is 0.612. The van der Waals surface area contributed by atoms with Crippen LogP contribution in [0, 0.1) is 6.92 Å². The van der Waals surface area contributed by atoms with Crippen molar-refractivity contribution in [1.29, 1.82) is 0 Å². The molecule has 6 nitrogen and oxygen atoms in total. The van der Waals surface area contributed by atoms with Crippen molar-refractivity contribution >= 4 is 11.6 Å². The number of hydrogen-bond acceptors (Lipinski definition) is 6. The second-order valence-electron chi connectivity index (χ2n) is 4.69. The van der Waals surface area contributed by atoms with E-state index < -0.39 is 0 Å². The molecular formula is C13H22N4O2. The van der Waals surface area contributed by atoms with E-state index in [4.69, 9.17) is 9.84 Å². The van der Waals surface area contributed by atoms with Crippen molar-refractivity contribution in [2.45, 2.75) is 25.7 Å². The molecule has 1 fully saturated rings. The van der Waals surface area contributed by atoms with Gasteiger partial charge in [-0.25, -0.2) is 9.97 Å². The van der Waals surface area contributed by atoms with Gasteiger partial charge in [0, 0.05) is 25.1 Å². The molecule has 0 amide bonds. The standard InChI is InChI=1S/C13H22N4O2/c1-9-11(14-2)16-13(10-3-4-10)17-12(9)15-5-7-19-8-6-18/h10,18H,3-8H2,1-2H3,(H2,14,15,16,17). The Morgan fingerprint density at radius 2 is 2.00 bits per heavy atom. The third-order valence-electron chi connectivity index (χ3n) is 3.12. The van der Waals surface area contributed by atoms with Gasteiger partial charge in [0.25, 0.3) is 0 Å². The highest BCUT2D eigenvalue weighted by atomic mass is 16.5. The van der Waals surface area contributed by atoms with Gasteiger partial charge in [-0.1, -0.05) is 0 Å². The lowest BCUT2D eigenvalue weighted by molar-refractivity contribution is 0.0992. The van der Waals surface area contributed by atoms with E-state index in [0.717, 1.165) is 23.0 Å². The maximum Gasteiger partial charge on any atom is 0.136 e. The lowest BCUT2D eigenvalue weighted by atomic mass is 10.2. The fourth-order valence-corrected chi connectivity index (χ4v) is 1.88. The summed E-state index contributed by atoms with van der Waals surface area (Å²) in [6.45, 7) is 3.66. The van der Waals surface area contributed by atoms with Crippen LogP contribution in [-0.4, -0.2) is 48.5 Å². The first-order chi connectivity index (χ1) is 9.26. The van der Waals surface area contributed by atoms with E-state index in [1.807, 2.05) is 14.0 Å². The monoisotopic (exact) mass is 266 g/mol. The molecule has 0 bridgehead atoms. The van der Waals surface area contributed by atoms with Crippen molar-refractivity contribution in [3.05, 3.63) is 11.4 Å². The number of rotatable bonds is 8. The Hall–Kier alpha value is -1.40.